The molecule has 0 saturated carbocycles. The van der Waals surface area contributed by atoms with Gasteiger partial charge in [0.05, 0.1) is 16.3 Å². The normalized spacial score (nSPS) is 10.6. The number of anilines is 2. The molecule has 1 aromatic carbocycles. The summed E-state index contributed by atoms with van der Waals surface area (Å²) in [6.07, 6.45) is 4.98. The Labute approximate surface area is 154 Å². The minimum absolute atomic E-state index is 0.0280. The Balaban J connectivity index is 2.16. The van der Waals surface area contributed by atoms with E-state index in [0.29, 0.717) is 16.5 Å². The maximum Gasteiger partial charge on any atom is 0.256 e. The van der Waals surface area contributed by atoms with Crippen LogP contribution in [0.2, 0.25) is 5.02 Å². The molecule has 2 aromatic rings. The number of aryl methyl sites for hydroxylation is 2. The number of aromatic nitrogens is 2. The van der Waals surface area contributed by atoms with Crippen LogP contribution in [0.15, 0.2) is 24.5 Å². The van der Waals surface area contributed by atoms with Gasteiger partial charge >= 0.3 is 0 Å². The number of halogens is 1. The molecule has 0 aliphatic carbocycles. The molecule has 0 unspecified atom stereocenters. The lowest BCUT2D eigenvalue weighted by molar-refractivity contribution is 0.0754. The maximum atomic E-state index is 12.5. The van der Waals surface area contributed by atoms with Crippen LogP contribution in [0.25, 0.3) is 0 Å². The van der Waals surface area contributed by atoms with Gasteiger partial charge in [-0.1, -0.05) is 31.5 Å². The standard InChI is InChI=1S/C19H25ClN4O/c1-5-7-24(8-6-2)18(25)15-11-21-19(22-12-15)23-17-14(4)9-13(3)10-16(17)20/h9-12H,5-8H2,1-4H3,(H,21,22,23). The van der Waals surface area contributed by atoms with Gasteiger partial charge in [0.15, 0.2) is 0 Å². The van der Waals surface area contributed by atoms with Crippen molar-refractivity contribution in [3.05, 3.63) is 46.2 Å². The summed E-state index contributed by atoms with van der Waals surface area (Å²) >= 11 is 6.30. The van der Waals surface area contributed by atoms with Crippen LogP contribution in [-0.2, 0) is 0 Å². The zero-order valence-electron chi connectivity index (χ0n) is 15.3. The lowest BCUT2D eigenvalue weighted by atomic mass is 10.1. The first-order chi connectivity index (χ1) is 12.0. The number of carbonyl (C=O) groups excluding carboxylic acids is 1. The Morgan fingerprint density at radius 3 is 2.24 bits per heavy atom. The van der Waals surface area contributed by atoms with Gasteiger partial charge in [-0.2, -0.15) is 0 Å². The number of hydrogen-bond acceptors (Lipinski definition) is 4. The topological polar surface area (TPSA) is 58.1 Å². The molecule has 0 saturated heterocycles. The van der Waals surface area contributed by atoms with E-state index in [2.05, 4.69) is 29.1 Å². The quantitative estimate of drug-likeness (QED) is 0.773. The molecule has 1 N–H and O–H groups in total. The predicted molar refractivity (Wildman–Crippen MR) is 103 cm³/mol. The second-order valence-electron chi connectivity index (χ2n) is 6.15. The van der Waals surface area contributed by atoms with Crippen molar-refractivity contribution < 1.29 is 4.79 Å². The summed E-state index contributed by atoms with van der Waals surface area (Å²) in [6, 6.07) is 3.93. The fourth-order valence-corrected chi connectivity index (χ4v) is 3.09. The van der Waals surface area contributed by atoms with Crippen LogP contribution in [0.4, 0.5) is 11.6 Å². The highest BCUT2D eigenvalue weighted by Gasteiger charge is 2.15. The molecule has 134 valence electrons. The zero-order chi connectivity index (χ0) is 18.4. The molecule has 1 aromatic heterocycles. The molecule has 1 amide bonds. The third-order valence-corrected chi connectivity index (χ3v) is 4.14. The molecule has 25 heavy (non-hydrogen) atoms. The molecule has 0 radical (unpaired) electrons. The lowest BCUT2D eigenvalue weighted by Crippen LogP contribution is -2.32. The van der Waals surface area contributed by atoms with Crippen molar-refractivity contribution in [3.63, 3.8) is 0 Å². The molecule has 2 rings (SSSR count). The molecule has 0 aliphatic heterocycles. The summed E-state index contributed by atoms with van der Waals surface area (Å²) in [4.78, 5) is 22.9. The van der Waals surface area contributed by atoms with Crippen LogP contribution in [-0.4, -0.2) is 33.9 Å². The predicted octanol–water partition coefficient (Wildman–Crippen LogP) is 4.75. The summed E-state index contributed by atoms with van der Waals surface area (Å²) in [5, 5.41) is 3.76. The Morgan fingerprint density at radius 2 is 1.72 bits per heavy atom. The molecular weight excluding hydrogens is 336 g/mol. The fraction of sp³-hybridized carbons (Fsp3) is 0.421. The number of carbonyl (C=O) groups is 1. The van der Waals surface area contributed by atoms with Crippen molar-refractivity contribution in [2.24, 2.45) is 0 Å². The van der Waals surface area contributed by atoms with Gasteiger partial charge in [0, 0.05) is 25.5 Å². The Morgan fingerprint density at radius 1 is 1.12 bits per heavy atom. The van der Waals surface area contributed by atoms with Crippen LogP contribution in [0.3, 0.4) is 0 Å². The number of amides is 1. The fourth-order valence-electron chi connectivity index (χ4n) is 2.73. The van der Waals surface area contributed by atoms with Gasteiger partial charge in [0.2, 0.25) is 5.95 Å². The third-order valence-electron chi connectivity index (χ3n) is 3.84. The molecule has 1 heterocycles. The van der Waals surface area contributed by atoms with E-state index in [0.717, 1.165) is 42.7 Å². The second-order valence-corrected chi connectivity index (χ2v) is 6.56. The highest BCUT2D eigenvalue weighted by atomic mass is 35.5. The average molecular weight is 361 g/mol. The number of nitrogens with zero attached hydrogens (tertiary/aromatic N) is 3. The van der Waals surface area contributed by atoms with E-state index in [1.807, 2.05) is 30.9 Å². The van der Waals surface area contributed by atoms with Crippen molar-refractivity contribution in [2.45, 2.75) is 40.5 Å². The summed E-state index contributed by atoms with van der Waals surface area (Å²) < 4.78 is 0. The molecule has 0 bridgehead atoms. The van der Waals surface area contributed by atoms with Crippen molar-refractivity contribution in [2.75, 3.05) is 18.4 Å². The van der Waals surface area contributed by atoms with Gasteiger partial charge in [-0.05, 0) is 43.9 Å². The Kier molecular flexibility index (Phi) is 6.76. The molecule has 0 spiro atoms. The highest BCUT2D eigenvalue weighted by molar-refractivity contribution is 6.33. The monoisotopic (exact) mass is 360 g/mol. The number of benzene rings is 1. The molecular formula is C19H25ClN4O. The van der Waals surface area contributed by atoms with Gasteiger partial charge in [-0.25, -0.2) is 9.97 Å². The van der Waals surface area contributed by atoms with Gasteiger partial charge < -0.3 is 10.2 Å². The van der Waals surface area contributed by atoms with Crippen LogP contribution >= 0.6 is 11.6 Å². The second kappa shape index (κ2) is 8.81. The zero-order valence-corrected chi connectivity index (χ0v) is 16.0. The van der Waals surface area contributed by atoms with E-state index < -0.39 is 0 Å². The summed E-state index contributed by atoms with van der Waals surface area (Å²) in [6.45, 7) is 9.58. The molecule has 0 atom stereocenters. The van der Waals surface area contributed by atoms with E-state index in [1.165, 1.54) is 0 Å². The van der Waals surface area contributed by atoms with Gasteiger partial charge in [0.1, 0.15) is 0 Å². The first-order valence-electron chi connectivity index (χ1n) is 8.61. The molecule has 5 nitrogen and oxygen atoms in total. The summed E-state index contributed by atoms with van der Waals surface area (Å²) in [5.74, 6) is 0.391. The lowest BCUT2D eigenvalue weighted by Gasteiger charge is -2.21. The van der Waals surface area contributed by atoms with E-state index in [4.69, 9.17) is 11.6 Å². The van der Waals surface area contributed by atoms with Crippen LogP contribution in [0.5, 0.6) is 0 Å². The third kappa shape index (κ3) is 4.92. The van der Waals surface area contributed by atoms with E-state index in [1.54, 1.807) is 12.4 Å². The van der Waals surface area contributed by atoms with Gasteiger partial charge in [-0.3, -0.25) is 4.79 Å². The number of hydrogen-bond donors (Lipinski definition) is 1. The highest BCUT2D eigenvalue weighted by Crippen LogP contribution is 2.29. The first kappa shape index (κ1) is 19.2. The number of rotatable bonds is 7. The van der Waals surface area contributed by atoms with E-state index >= 15 is 0 Å². The Bertz CT molecular complexity index is 702. The van der Waals surface area contributed by atoms with Gasteiger partial charge in [0.25, 0.3) is 5.91 Å². The van der Waals surface area contributed by atoms with Crippen molar-refractivity contribution >= 4 is 29.1 Å². The summed E-state index contributed by atoms with van der Waals surface area (Å²) in [5.41, 5.74) is 3.40. The van der Waals surface area contributed by atoms with Crippen molar-refractivity contribution in [3.8, 4) is 0 Å². The van der Waals surface area contributed by atoms with Crippen LogP contribution < -0.4 is 5.32 Å². The molecule has 0 aliphatic rings. The average Bonchev–Trinajstić information content (AvgIpc) is 2.58. The van der Waals surface area contributed by atoms with Crippen molar-refractivity contribution in [1.29, 1.82) is 0 Å². The largest absolute Gasteiger partial charge is 0.339 e. The Hall–Kier alpha value is -2.14. The maximum absolute atomic E-state index is 12.5. The summed E-state index contributed by atoms with van der Waals surface area (Å²) in [7, 11) is 0. The molecule has 0 fully saturated rings. The smallest absolute Gasteiger partial charge is 0.256 e. The van der Waals surface area contributed by atoms with E-state index in [9.17, 15) is 4.79 Å². The van der Waals surface area contributed by atoms with E-state index in [-0.39, 0.29) is 5.91 Å². The minimum atomic E-state index is -0.0280. The first-order valence-corrected chi connectivity index (χ1v) is 8.99. The van der Waals surface area contributed by atoms with Crippen LogP contribution in [0, 0.1) is 13.8 Å². The van der Waals surface area contributed by atoms with Crippen molar-refractivity contribution in [1.82, 2.24) is 14.9 Å². The SMILES string of the molecule is CCCN(CCC)C(=O)c1cnc(Nc2c(C)cc(C)cc2Cl)nc1. The van der Waals surface area contributed by atoms with Gasteiger partial charge in [-0.15, -0.1) is 0 Å². The minimum Gasteiger partial charge on any atom is -0.339 e. The number of nitrogens with one attached hydrogen (secondary N) is 1. The molecule has 6 heteroatoms. The van der Waals surface area contributed by atoms with Crippen LogP contribution in [0.1, 0.15) is 48.2 Å².